The van der Waals surface area contributed by atoms with E-state index in [0.29, 0.717) is 5.56 Å². The number of rotatable bonds is 8. The summed E-state index contributed by atoms with van der Waals surface area (Å²) in [6, 6.07) is 8.96. The molecule has 0 aliphatic carbocycles. The van der Waals surface area contributed by atoms with Crippen LogP contribution in [0.3, 0.4) is 0 Å². The molecule has 0 saturated heterocycles. The molecule has 0 aliphatic heterocycles. The van der Waals surface area contributed by atoms with Crippen molar-refractivity contribution in [3.63, 3.8) is 0 Å². The summed E-state index contributed by atoms with van der Waals surface area (Å²) in [4.78, 5) is 22.7. The highest BCUT2D eigenvalue weighted by Gasteiger charge is 2.13. The molecule has 0 spiro atoms. The first-order valence-corrected chi connectivity index (χ1v) is 8.78. The van der Waals surface area contributed by atoms with E-state index in [4.69, 9.17) is 26.2 Å². The number of carbonyl (C=O) groups is 2. The fourth-order valence-corrected chi connectivity index (χ4v) is 2.68. The van der Waals surface area contributed by atoms with Crippen LogP contribution >= 0.6 is 11.6 Å². The second-order valence-electron chi connectivity index (χ2n) is 6.11. The van der Waals surface area contributed by atoms with E-state index in [1.807, 2.05) is 32.0 Å². The Hall–Kier alpha value is -3.06. The summed E-state index contributed by atoms with van der Waals surface area (Å²) in [6.45, 7) is 3.47. The molecule has 0 aromatic heterocycles. The van der Waals surface area contributed by atoms with Gasteiger partial charge in [-0.15, -0.1) is 0 Å². The lowest BCUT2D eigenvalue weighted by molar-refractivity contribution is -0.139. The molecule has 0 bridgehead atoms. The molecule has 7 nitrogen and oxygen atoms in total. The van der Waals surface area contributed by atoms with Crippen LogP contribution < -0.4 is 14.9 Å². The van der Waals surface area contributed by atoms with E-state index in [9.17, 15) is 9.59 Å². The summed E-state index contributed by atoms with van der Waals surface area (Å²) < 4.78 is 10.3. The van der Waals surface area contributed by atoms with E-state index >= 15 is 0 Å². The Morgan fingerprint density at radius 3 is 2.61 bits per heavy atom. The summed E-state index contributed by atoms with van der Waals surface area (Å²) in [7, 11) is 1.41. The normalized spacial score (nSPS) is 10.7. The third-order valence-corrected chi connectivity index (χ3v) is 4.21. The number of halogens is 1. The Kier molecular flexibility index (Phi) is 7.40. The van der Waals surface area contributed by atoms with Gasteiger partial charge < -0.3 is 14.6 Å². The van der Waals surface area contributed by atoms with E-state index in [1.165, 1.54) is 25.0 Å². The molecule has 0 radical (unpaired) electrons. The summed E-state index contributed by atoms with van der Waals surface area (Å²) in [5, 5.41) is 12.8. The molecule has 1 amide bonds. The molecule has 0 saturated carbocycles. The number of hydrazone groups is 1. The van der Waals surface area contributed by atoms with Gasteiger partial charge in [0.1, 0.15) is 0 Å². The number of carboxylic acid groups (broad SMARTS) is 1. The first-order chi connectivity index (χ1) is 13.3. The molecule has 2 rings (SSSR count). The van der Waals surface area contributed by atoms with Gasteiger partial charge in [0.15, 0.2) is 18.1 Å². The second kappa shape index (κ2) is 9.75. The van der Waals surface area contributed by atoms with Crippen LogP contribution in [0.15, 0.2) is 35.4 Å². The maximum atomic E-state index is 12.0. The highest BCUT2D eigenvalue weighted by molar-refractivity contribution is 6.32. The van der Waals surface area contributed by atoms with Crippen LogP contribution in [-0.4, -0.2) is 36.9 Å². The van der Waals surface area contributed by atoms with Crippen molar-refractivity contribution in [3.05, 3.63) is 57.6 Å². The average Bonchev–Trinajstić information content (AvgIpc) is 2.63. The summed E-state index contributed by atoms with van der Waals surface area (Å²) >= 11 is 6.13. The number of hydrogen-bond acceptors (Lipinski definition) is 5. The lowest BCUT2D eigenvalue weighted by Crippen LogP contribution is -2.19. The minimum atomic E-state index is -1.13. The third kappa shape index (κ3) is 5.99. The van der Waals surface area contributed by atoms with Gasteiger partial charge in [-0.3, -0.25) is 4.79 Å². The Morgan fingerprint density at radius 2 is 1.96 bits per heavy atom. The topological polar surface area (TPSA) is 97.2 Å². The van der Waals surface area contributed by atoms with Crippen LogP contribution in [0.4, 0.5) is 0 Å². The maximum Gasteiger partial charge on any atom is 0.341 e. The van der Waals surface area contributed by atoms with Crippen molar-refractivity contribution >= 4 is 29.7 Å². The first kappa shape index (κ1) is 21.2. The smallest absolute Gasteiger partial charge is 0.341 e. The Bertz CT molecular complexity index is 912. The zero-order chi connectivity index (χ0) is 20.7. The number of hydrogen-bond donors (Lipinski definition) is 2. The van der Waals surface area contributed by atoms with Crippen LogP contribution in [0.1, 0.15) is 22.3 Å². The molecule has 2 aromatic carbocycles. The molecule has 2 N–H and O–H groups in total. The molecule has 0 aliphatic rings. The number of amides is 1. The molecular formula is C20H21ClN2O5. The van der Waals surface area contributed by atoms with Gasteiger partial charge in [-0.2, -0.15) is 5.10 Å². The van der Waals surface area contributed by atoms with Gasteiger partial charge in [0.2, 0.25) is 5.91 Å². The van der Waals surface area contributed by atoms with Crippen LogP contribution in [0.5, 0.6) is 11.5 Å². The van der Waals surface area contributed by atoms with Crippen LogP contribution in [0.2, 0.25) is 5.02 Å². The van der Waals surface area contributed by atoms with Gasteiger partial charge in [-0.25, -0.2) is 10.2 Å². The van der Waals surface area contributed by atoms with E-state index in [0.717, 1.165) is 11.1 Å². The maximum absolute atomic E-state index is 12.0. The minimum Gasteiger partial charge on any atom is -0.493 e. The fourth-order valence-electron chi connectivity index (χ4n) is 2.41. The number of nitrogens with one attached hydrogen (secondary N) is 1. The number of benzene rings is 2. The zero-order valence-electron chi connectivity index (χ0n) is 15.8. The van der Waals surface area contributed by atoms with Gasteiger partial charge in [0.05, 0.1) is 24.8 Å². The molecule has 28 heavy (non-hydrogen) atoms. The standard InChI is InChI=1S/C20H21ClN2O5/c1-12-4-5-14(6-13(12)2)9-18(24)23-22-10-15-7-16(21)20(17(8-15)27-3)28-11-19(25)26/h4-8,10H,9,11H2,1-3H3,(H,23,24)(H,25,26)/b22-10-. The van der Waals surface area contributed by atoms with Gasteiger partial charge in [-0.05, 0) is 48.2 Å². The van der Waals surface area contributed by atoms with Crippen molar-refractivity contribution in [1.82, 2.24) is 5.43 Å². The van der Waals surface area contributed by atoms with E-state index < -0.39 is 12.6 Å². The predicted molar refractivity (Wildman–Crippen MR) is 106 cm³/mol. The van der Waals surface area contributed by atoms with Crippen molar-refractivity contribution in [2.75, 3.05) is 13.7 Å². The van der Waals surface area contributed by atoms with Gasteiger partial charge in [0.25, 0.3) is 0 Å². The Labute approximate surface area is 167 Å². The van der Waals surface area contributed by atoms with Crippen LogP contribution in [0, 0.1) is 13.8 Å². The Morgan fingerprint density at radius 1 is 1.21 bits per heavy atom. The van der Waals surface area contributed by atoms with Crippen LogP contribution in [0.25, 0.3) is 0 Å². The predicted octanol–water partition coefficient (Wildman–Crippen LogP) is 3.12. The van der Waals surface area contributed by atoms with Gasteiger partial charge in [0, 0.05) is 0 Å². The molecular weight excluding hydrogens is 384 g/mol. The molecule has 148 valence electrons. The van der Waals surface area contributed by atoms with E-state index in [-0.39, 0.29) is 28.8 Å². The molecule has 2 aromatic rings. The van der Waals surface area contributed by atoms with E-state index in [1.54, 1.807) is 6.07 Å². The van der Waals surface area contributed by atoms with Crippen molar-refractivity contribution in [1.29, 1.82) is 0 Å². The highest BCUT2D eigenvalue weighted by atomic mass is 35.5. The number of aryl methyl sites for hydroxylation is 2. The van der Waals surface area contributed by atoms with Crippen LogP contribution in [-0.2, 0) is 16.0 Å². The third-order valence-electron chi connectivity index (χ3n) is 3.93. The van der Waals surface area contributed by atoms with E-state index in [2.05, 4.69) is 10.5 Å². The molecule has 0 heterocycles. The van der Waals surface area contributed by atoms with Crippen molar-refractivity contribution in [2.24, 2.45) is 5.10 Å². The van der Waals surface area contributed by atoms with Crippen molar-refractivity contribution in [2.45, 2.75) is 20.3 Å². The summed E-state index contributed by atoms with van der Waals surface area (Å²) in [6.07, 6.45) is 1.62. The molecule has 0 fully saturated rings. The largest absolute Gasteiger partial charge is 0.493 e. The Balaban J connectivity index is 2.02. The first-order valence-electron chi connectivity index (χ1n) is 8.40. The van der Waals surface area contributed by atoms with Gasteiger partial charge >= 0.3 is 5.97 Å². The second-order valence-corrected chi connectivity index (χ2v) is 6.51. The zero-order valence-corrected chi connectivity index (χ0v) is 16.5. The molecule has 8 heteroatoms. The lowest BCUT2D eigenvalue weighted by Gasteiger charge is -2.11. The monoisotopic (exact) mass is 404 g/mol. The summed E-state index contributed by atoms with van der Waals surface area (Å²) in [5.74, 6) is -0.992. The SMILES string of the molecule is COc1cc(/C=N\NC(=O)Cc2ccc(C)c(C)c2)cc(Cl)c1OCC(=O)O. The summed E-state index contributed by atoms with van der Waals surface area (Å²) in [5.41, 5.74) is 6.21. The molecule has 0 unspecified atom stereocenters. The number of aliphatic carboxylic acids is 1. The molecule has 0 atom stereocenters. The minimum absolute atomic E-state index is 0.127. The quantitative estimate of drug-likeness (QED) is 0.520. The number of carbonyl (C=O) groups excluding carboxylic acids is 1. The number of nitrogens with zero attached hydrogens (tertiary/aromatic N) is 1. The lowest BCUT2D eigenvalue weighted by atomic mass is 10.0. The number of methoxy groups -OCH3 is 1. The number of ether oxygens (including phenoxy) is 2. The average molecular weight is 405 g/mol. The highest BCUT2D eigenvalue weighted by Crippen LogP contribution is 2.36. The van der Waals surface area contributed by atoms with Crippen molar-refractivity contribution in [3.8, 4) is 11.5 Å². The van der Waals surface area contributed by atoms with Crippen molar-refractivity contribution < 1.29 is 24.2 Å². The fraction of sp³-hybridized carbons (Fsp3) is 0.250. The van der Waals surface area contributed by atoms with Gasteiger partial charge in [-0.1, -0.05) is 29.8 Å². The number of carboxylic acids is 1.